The normalized spacial score (nSPS) is 10.2. The first kappa shape index (κ1) is 12.9. The van der Waals surface area contributed by atoms with Crippen molar-refractivity contribution >= 4 is 5.97 Å². The van der Waals surface area contributed by atoms with Gasteiger partial charge < -0.3 is 14.5 Å². The van der Waals surface area contributed by atoms with Gasteiger partial charge >= 0.3 is 11.7 Å². The average Bonchev–Trinajstić information content (AvgIpc) is 2.79. The smallest absolute Gasteiger partial charge is 0.356 e. The van der Waals surface area contributed by atoms with Gasteiger partial charge in [0.15, 0.2) is 0 Å². The zero-order valence-corrected chi connectivity index (χ0v) is 10.6. The van der Waals surface area contributed by atoms with Crippen LogP contribution in [0.25, 0.3) is 0 Å². The third-order valence-electron chi connectivity index (χ3n) is 2.73. The van der Waals surface area contributed by atoms with Crippen molar-refractivity contribution in [2.75, 3.05) is 14.2 Å². The van der Waals surface area contributed by atoms with Gasteiger partial charge in [-0.2, -0.15) is 0 Å². The number of methoxy groups -OCH3 is 2. The van der Waals surface area contributed by atoms with Crippen molar-refractivity contribution in [3.05, 3.63) is 51.7 Å². The number of imidazole rings is 1. The van der Waals surface area contributed by atoms with Crippen molar-refractivity contribution in [3.8, 4) is 5.75 Å². The average molecular weight is 262 g/mol. The van der Waals surface area contributed by atoms with Crippen LogP contribution in [-0.2, 0) is 11.2 Å². The van der Waals surface area contributed by atoms with E-state index in [9.17, 15) is 9.59 Å². The Labute approximate surface area is 109 Å². The summed E-state index contributed by atoms with van der Waals surface area (Å²) in [5.74, 6) is 0.182. The minimum Gasteiger partial charge on any atom is -0.497 e. The van der Waals surface area contributed by atoms with E-state index in [-0.39, 0.29) is 5.69 Å². The number of hydrogen-bond donors (Lipinski definition) is 2. The van der Waals surface area contributed by atoms with Gasteiger partial charge in [-0.1, -0.05) is 12.1 Å². The highest BCUT2D eigenvalue weighted by Crippen LogP contribution is 2.15. The molecule has 1 aromatic carbocycles. The molecule has 0 saturated carbocycles. The Morgan fingerprint density at radius 3 is 2.42 bits per heavy atom. The molecule has 100 valence electrons. The Morgan fingerprint density at radius 1 is 1.16 bits per heavy atom. The molecule has 0 radical (unpaired) electrons. The minimum absolute atomic E-state index is 0.156. The molecule has 2 N–H and O–H groups in total. The molecule has 2 aromatic rings. The highest BCUT2D eigenvalue weighted by molar-refractivity contribution is 5.88. The molecule has 0 atom stereocenters. The topological polar surface area (TPSA) is 84.2 Å². The van der Waals surface area contributed by atoms with E-state index in [1.54, 1.807) is 7.11 Å². The molecule has 19 heavy (non-hydrogen) atoms. The van der Waals surface area contributed by atoms with E-state index in [1.807, 2.05) is 24.3 Å². The monoisotopic (exact) mass is 262 g/mol. The molecule has 2 rings (SSSR count). The molecule has 0 spiro atoms. The third kappa shape index (κ3) is 2.85. The number of esters is 1. The lowest BCUT2D eigenvalue weighted by Gasteiger charge is -2.04. The Bertz CT molecular complexity index is 625. The fourth-order valence-corrected chi connectivity index (χ4v) is 1.78. The molecule has 6 heteroatoms. The molecule has 1 aromatic heterocycles. The number of rotatable bonds is 4. The zero-order valence-electron chi connectivity index (χ0n) is 10.6. The lowest BCUT2D eigenvalue weighted by molar-refractivity contribution is 0.0593. The number of aromatic amines is 2. The number of H-pyrrole nitrogens is 2. The summed E-state index contributed by atoms with van der Waals surface area (Å²) < 4.78 is 9.68. The number of benzene rings is 1. The summed E-state index contributed by atoms with van der Waals surface area (Å²) in [6.07, 6.45) is 0.424. The van der Waals surface area contributed by atoms with E-state index in [4.69, 9.17) is 4.74 Å². The van der Waals surface area contributed by atoms with Gasteiger partial charge in [0.25, 0.3) is 0 Å². The minimum atomic E-state index is -0.568. The molecule has 0 aliphatic rings. The van der Waals surface area contributed by atoms with Gasteiger partial charge in [0, 0.05) is 6.42 Å². The Hall–Kier alpha value is -2.50. The summed E-state index contributed by atoms with van der Waals surface area (Å²) in [6.45, 7) is 0. The summed E-state index contributed by atoms with van der Waals surface area (Å²) in [5.41, 5.74) is 1.18. The molecular formula is C13H14N2O4. The molecular weight excluding hydrogens is 248 g/mol. The number of nitrogens with one attached hydrogen (secondary N) is 2. The fraction of sp³-hybridized carbons (Fsp3) is 0.231. The first-order valence-corrected chi connectivity index (χ1v) is 5.66. The van der Waals surface area contributed by atoms with Crippen LogP contribution >= 0.6 is 0 Å². The van der Waals surface area contributed by atoms with Crippen molar-refractivity contribution < 1.29 is 14.3 Å². The molecule has 0 aliphatic heterocycles. The van der Waals surface area contributed by atoms with E-state index >= 15 is 0 Å². The molecule has 0 bridgehead atoms. The van der Waals surface area contributed by atoms with Crippen molar-refractivity contribution in [2.45, 2.75) is 6.42 Å². The van der Waals surface area contributed by atoms with Crippen LogP contribution in [0.2, 0.25) is 0 Å². The molecule has 0 unspecified atom stereocenters. The van der Waals surface area contributed by atoms with Gasteiger partial charge in [-0.3, -0.25) is 4.98 Å². The van der Waals surface area contributed by atoms with Crippen molar-refractivity contribution in [2.24, 2.45) is 0 Å². The SMILES string of the molecule is COC(=O)c1[nH]c(=O)[nH]c1Cc1ccc(OC)cc1. The number of ether oxygens (including phenoxy) is 2. The highest BCUT2D eigenvalue weighted by atomic mass is 16.5. The molecule has 6 nitrogen and oxygen atoms in total. The second-order valence-corrected chi connectivity index (χ2v) is 3.95. The molecule has 0 amide bonds. The zero-order chi connectivity index (χ0) is 13.8. The number of carbonyl (C=O) groups is 1. The maximum absolute atomic E-state index is 11.5. The number of hydrogen-bond acceptors (Lipinski definition) is 4. The number of aromatic nitrogens is 2. The second-order valence-electron chi connectivity index (χ2n) is 3.95. The summed E-state index contributed by atoms with van der Waals surface area (Å²) in [4.78, 5) is 27.8. The van der Waals surface area contributed by atoms with Crippen LogP contribution in [-0.4, -0.2) is 30.2 Å². The predicted octanol–water partition coefficient (Wildman–Crippen LogP) is 1.09. The fourth-order valence-electron chi connectivity index (χ4n) is 1.78. The van der Waals surface area contributed by atoms with E-state index in [0.717, 1.165) is 11.3 Å². The highest BCUT2D eigenvalue weighted by Gasteiger charge is 2.15. The summed E-state index contributed by atoms with van der Waals surface area (Å²) in [5, 5.41) is 0. The maximum atomic E-state index is 11.5. The lowest BCUT2D eigenvalue weighted by atomic mass is 10.1. The van der Waals surface area contributed by atoms with Crippen molar-refractivity contribution in [1.82, 2.24) is 9.97 Å². The van der Waals surface area contributed by atoms with Crippen molar-refractivity contribution in [1.29, 1.82) is 0 Å². The third-order valence-corrected chi connectivity index (χ3v) is 2.73. The van der Waals surface area contributed by atoms with E-state index in [1.165, 1.54) is 7.11 Å². The van der Waals surface area contributed by atoms with Gasteiger partial charge in [-0.15, -0.1) is 0 Å². The van der Waals surface area contributed by atoms with Crippen LogP contribution < -0.4 is 10.4 Å². The quantitative estimate of drug-likeness (QED) is 0.808. The molecule has 0 saturated heterocycles. The largest absolute Gasteiger partial charge is 0.497 e. The lowest BCUT2D eigenvalue weighted by Crippen LogP contribution is -2.07. The standard InChI is InChI=1S/C13H14N2O4/c1-18-9-5-3-8(4-6-9)7-10-11(12(16)19-2)15-13(17)14-10/h3-6H,7H2,1-2H3,(H2,14,15,17). The maximum Gasteiger partial charge on any atom is 0.356 e. The molecule has 1 heterocycles. The van der Waals surface area contributed by atoms with Gasteiger partial charge in [0.1, 0.15) is 11.4 Å². The van der Waals surface area contributed by atoms with Crippen LogP contribution in [0.1, 0.15) is 21.7 Å². The van der Waals surface area contributed by atoms with Crippen molar-refractivity contribution in [3.63, 3.8) is 0 Å². The Kier molecular flexibility index (Phi) is 3.70. The summed E-state index contributed by atoms with van der Waals surface area (Å²) in [7, 11) is 2.86. The van der Waals surface area contributed by atoms with Crippen LogP contribution in [0, 0.1) is 0 Å². The van der Waals surface area contributed by atoms with E-state index in [0.29, 0.717) is 12.1 Å². The Balaban J connectivity index is 2.27. The van der Waals surface area contributed by atoms with E-state index < -0.39 is 11.7 Å². The van der Waals surface area contributed by atoms with Crippen LogP contribution in [0.3, 0.4) is 0 Å². The van der Waals surface area contributed by atoms with Gasteiger partial charge in [-0.05, 0) is 17.7 Å². The second kappa shape index (κ2) is 5.43. The first-order valence-electron chi connectivity index (χ1n) is 5.66. The Morgan fingerprint density at radius 2 is 1.84 bits per heavy atom. The van der Waals surface area contributed by atoms with Gasteiger partial charge in [0.05, 0.1) is 19.9 Å². The van der Waals surface area contributed by atoms with Crippen LogP contribution in [0.4, 0.5) is 0 Å². The van der Waals surface area contributed by atoms with E-state index in [2.05, 4.69) is 14.7 Å². The molecule has 0 aliphatic carbocycles. The van der Waals surface area contributed by atoms with Crippen LogP contribution in [0.15, 0.2) is 29.1 Å². The number of carbonyl (C=O) groups excluding carboxylic acids is 1. The van der Waals surface area contributed by atoms with Crippen LogP contribution in [0.5, 0.6) is 5.75 Å². The summed E-state index contributed by atoms with van der Waals surface area (Å²) in [6, 6.07) is 7.37. The summed E-state index contributed by atoms with van der Waals surface area (Å²) >= 11 is 0. The van der Waals surface area contributed by atoms with Gasteiger partial charge in [-0.25, -0.2) is 9.59 Å². The first-order chi connectivity index (χ1) is 9.13. The molecule has 0 fully saturated rings. The van der Waals surface area contributed by atoms with Gasteiger partial charge in [0.2, 0.25) is 0 Å². The predicted molar refractivity (Wildman–Crippen MR) is 68.6 cm³/mol.